The molecule has 10 heteroatoms. The van der Waals surface area contributed by atoms with E-state index in [9.17, 15) is 22.8 Å². The standard InChI is InChI=1S/C20H20F3N5O2/c21-20(22,23)11-25-18(29)17-10-16(26-27-17)12-4-7-28(8-5-12)19(30)14-1-2-15-13(9-14)3-6-24-15/h1-3,6,9-10,12,24H,4-5,7-8,11H2,(H,25,29)(H,26,27). The third-order valence-electron chi connectivity index (χ3n) is 5.30. The molecule has 3 heterocycles. The van der Waals surface area contributed by atoms with Crippen LogP contribution in [-0.2, 0) is 0 Å². The van der Waals surface area contributed by atoms with Crippen molar-refractivity contribution in [1.29, 1.82) is 0 Å². The van der Waals surface area contributed by atoms with Gasteiger partial charge in [-0.25, -0.2) is 0 Å². The summed E-state index contributed by atoms with van der Waals surface area (Å²) in [6, 6.07) is 8.94. The molecule has 158 valence electrons. The van der Waals surface area contributed by atoms with E-state index in [1.54, 1.807) is 16.3 Å². The second kappa shape index (κ2) is 7.85. The zero-order chi connectivity index (χ0) is 21.3. The molecule has 7 nitrogen and oxygen atoms in total. The molecule has 1 aromatic carbocycles. The fourth-order valence-corrected chi connectivity index (χ4v) is 3.70. The summed E-state index contributed by atoms with van der Waals surface area (Å²) < 4.78 is 36.7. The molecule has 0 radical (unpaired) electrons. The monoisotopic (exact) mass is 419 g/mol. The van der Waals surface area contributed by atoms with Crippen molar-refractivity contribution in [2.24, 2.45) is 0 Å². The third kappa shape index (κ3) is 4.32. The van der Waals surface area contributed by atoms with Crippen molar-refractivity contribution in [2.45, 2.75) is 24.9 Å². The molecule has 3 aromatic rings. The maximum atomic E-state index is 12.8. The Morgan fingerprint density at radius 1 is 1.17 bits per heavy atom. The molecule has 0 bridgehead atoms. The zero-order valence-electron chi connectivity index (χ0n) is 15.9. The molecule has 4 rings (SSSR count). The van der Waals surface area contributed by atoms with Crippen molar-refractivity contribution < 1.29 is 22.8 Å². The maximum absolute atomic E-state index is 12.8. The fraction of sp³-hybridized carbons (Fsp3) is 0.350. The summed E-state index contributed by atoms with van der Waals surface area (Å²) in [5, 5.41) is 9.36. The van der Waals surface area contributed by atoms with Crippen LogP contribution in [0.15, 0.2) is 36.5 Å². The van der Waals surface area contributed by atoms with Gasteiger partial charge >= 0.3 is 6.18 Å². The first-order valence-corrected chi connectivity index (χ1v) is 9.57. The average molecular weight is 419 g/mol. The Morgan fingerprint density at radius 2 is 1.93 bits per heavy atom. The van der Waals surface area contributed by atoms with Gasteiger partial charge in [0.25, 0.3) is 11.8 Å². The molecule has 1 saturated heterocycles. The number of aromatic amines is 2. The van der Waals surface area contributed by atoms with Gasteiger partial charge in [0.15, 0.2) is 0 Å². The molecule has 0 aliphatic carbocycles. The Hall–Kier alpha value is -3.30. The molecule has 30 heavy (non-hydrogen) atoms. The highest BCUT2D eigenvalue weighted by Gasteiger charge is 2.29. The zero-order valence-corrected chi connectivity index (χ0v) is 15.9. The van der Waals surface area contributed by atoms with Gasteiger partial charge in [-0.05, 0) is 43.2 Å². The molecule has 0 saturated carbocycles. The summed E-state index contributed by atoms with van der Waals surface area (Å²) in [5.74, 6) is -0.853. The number of nitrogens with zero attached hydrogens (tertiary/aromatic N) is 2. The van der Waals surface area contributed by atoms with E-state index in [0.717, 1.165) is 10.9 Å². The van der Waals surface area contributed by atoms with E-state index in [1.165, 1.54) is 6.07 Å². The van der Waals surface area contributed by atoms with E-state index in [1.807, 2.05) is 24.4 Å². The van der Waals surface area contributed by atoms with Gasteiger partial charge in [0.1, 0.15) is 12.2 Å². The topological polar surface area (TPSA) is 93.9 Å². The number of halogens is 3. The van der Waals surface area contributed by atoms with Gasteiger partial charge in [0.2, 0.25) is 0 Å². The van der Waals surface area contributed by atoms with Gasteiger partial charge in [-0.2, -0.15) is 18.3 Å². The van der Waals surface area contributed by atoms with Crippen LogP contribution in [0.3, 0.4) is 0 Å². The number of amides is 2. The van der Waals surface area contributed by atoms with Crippen LogP contribution in [0.25, 0.3) is 10.9 Å². The van der Waals surface area contributed by atoms with Crippen molar-refractivity contribution >= 4 is 22.7 Å². The second-order valence-corrected chi connectivity index (χ2v) is 7.35. The van der Waals surface area contributed by atoms with Gasteiger partial charge < -0.3 is 15.2 Å². The summed E-state index contributed by atoms with van der Waals surface area (Å²) in [7, 11) is 0. The highest BCUT2D eigenvalue weighted by atomic mass is 19.4. The van der Waals surface area contributed by atoms with Crippen LogP contribution in [0.5, 0.6) is 0 Å². The van der Waals surface area contributed by atoms with Crippen LogP contribution in [-0.4, -0.2) is 57.7 Å². The lowest BCUT2D eigenvalue weighted by atomic mass is 9.93. The average Bonchev–Trinajstić information content (AvgIpc) is 3.40. The summed E-state index contributed by atoms with van der Waals surface area (Å²) in [6.45, 7) is -0.310. The predicted molar refractivity (Wildman–Crippen MR) is 103 cm³/mol. The number of aromatic nitrogens is 3. The number of nitrogens with one attached hydrogen (secondary N) is 3. The van der Waals surface area contributed by atoms with Crippen LogP contribution < -0.4 is 5.32 Å². The Balaban J connectivity index is 1.35. The molecule has 1 fully saturated rings. The fourth-order valence-electron chi connectivity index (χ4n) is 3.70. The van der Waals surface area contributed by atoms with E-state index < -0.39 is 18.6 Å². The largest absolute Gasteiger partial charge is 0.405 e. The van der Waals surface area contributed by atoms with Crippen molar-refractivity contribution in [3.63, 3.8) is 0 Å². The number of hydrogen-bond acceptors (Lipinski definition) is 3. The molecule has 0 spiro atoms. The summed E-state index contributed by atoms with van der Waals surface area (Å²) in [6.07, 6.45) is -1.31. The Labute approximate surface area is 169 Å². The predicted octanol–water partition coefficient (Wildman–Crippen LogP) is 3.20. The third-order valence-corrected chi connectivity index (χ3v) is 5.30. The number of rotatable bonds is 4. The smallest absolute Gasteiger partial charge is 0.361 e. The molecular formula is C20H20F3N5O2. The van der Waals surface area contributed by atoms with E-state index in [2.05, 4.69) is 15.2 Å². The molecule has 1 aliphatic rings. The number of hydrogen-bond donors (Lipinski definition) is 3. The Bertz CT molecular complexity index is 1060. The number of H-pyrrole nitrogens is 2. The van der Waals surface area contributed by atoms with Crippen molar-refractivity contribution in [2.75, 3.05) is 19.6 Å². The summed E-state index contributed by atoms with van der Waals surface area (Å²) >= 11 is 0. The number of alkyl halides is 3. The van der Waals surface area contributed by atoms with Crippen LogP contribution in [0.4, 0.5) is 13.2 Å². The van der Waals surface area contributed by atoms with Gasteiger partial charge in [0, 0.05) is 47.4 Å². The lowest BCUT2D eigenvalue weighted by molar-refractivity contribution is -0.123. The first kappa shape index (κ1) is 20.0. The van der Waals surface area contributed by atoms with Crippen molar-refractivity contribution in [3.8, 4) is 0 Å². The lowest BCUT2D eigenvalue weighted by Crippen LogP contribution is -2.38. The maximum Gasteiger partial charge on any atom is 0.405 e. The summed E-state index contributed by atoms with van der Waals surface area (Å²) in [5.41, 5.74) is 2.21. The molecule has 0 unspecified atom stereocenters. The van der Waals surface area contributed by atoms with Crippen molar-refractivity contribution in [3.05, 3.63) is 53.5 Å². The van der Waals surface area contributed by atoms with Crippen LogP contribution in [0.2, 0.25) is 0 Å². The van der Waals surface area contributed by atoms with Gasteiger partial charge in [-0.15, -0.1) is 0 Å². The van der Waals surface area contributed by atoms with E-state index in [4.69, 9.17) is 0 Å². The lowest BCUT2D eigenvalue weighted by Gasteiger charge is -2.31. The van der Waals surface area contributed by atoms with Gasteiger partial charge in [0.05, 0.1) is 0 Å². The SMILES string of the molecule is O=C(NCC(F)(F)F)c1cc(C2CCN(C(=O)c3ccc4[nH]ccc4c3)CC2)[nH]n1. The van der Waals surface area contributed by atoms with Crippen LogP contribution in [0, 0.1) is 0 Å². The highest BCUT2D eigenvalue weighted by molar-refractivity contribution is 5.98. The number of carbonyl (C=O) groups excluding carboxylic acids is 2. The molecule has 3 N–H and O–H groups in total. The first-order valence-electron chi connectivity index (χ1n) is 9.57. The number of benzene rings is 1. The minimum atomic E-state index is -4.47. The number of piperidine rings is 1. The number of likely N-dealkylation sites (tertiary alicyclic amines) is 1. The van der Waals surface area contributed by atoms with E-state index >= 15 is 0 Å². The minimum absolute atomic E-state index is 0.0339. The first-order chi connectivity index (χ1) is 14.3. The normalized spacial score (nSPS) is 15.5. The quantitative estimate of drug-likeness (QED) is 0.606. The van der Waals surface area contributed by atoms with E-state index in [0.29, 0.717) is 37.2 Å². The summed E-state index contributed by atoms with van der Waals surface area (Å²) in [4.78, 5) is 29.5. The number of fused-ring (bicyclic) bond motifs is 1. The van der Waals surface area contributed by atoms with Crippen LogP contribution >= 0.6 is 0 Å². The highest BCUT2D eigenvalue weighted by Crippen LogP contribution is 2.28. The van der Waals surface area contributed by atoms with Crippen molar-refractivity contribution in [1.82, 2.24) is 25.4 Å². The molecular weight excluding hydrogens is 399 g/mol. The Morgan fingerprint density at radius 3 is 2.67 bits per heavy atom. The Kier molecular flexibility index (Phi) is 5.23. The van der Waals surface area contributed by atoms with Gasteiger partial charge in [-0.3, -0.25) is 14.7 Å². The van der Waals surface area contributed by atoms with Crippen LogP contribution in [0.1, 0.15) is 45.3 Å². The molecule has 1 aliphatic heterocycles. The molecule has 0 atom stereocenters. The molecule has 2 aromatic heterocycles. The second-order valence-electron chi connectivity index (χ2n) is 7.35. The van der Waals surface area contributed by atoms with E-state index in [-0.39, 0.29) is 17.5 Å². The van der Waals surface area contributed by atoms with Gasteiger partial charge in [-0.1, -0.05) is 0 Å². The number of carbonyl (C=O) groups is 2. The molecule has 2 amide bonds. The minimum Gasteiger partial charge on any atom is -0.361 e.